The van der Waals surface area contributed by atoms with E-state index in [0.29, 0.717) is 5.54 Å². The molecule has 0 bridgehead atoms. The smallest absolute Gasteiger partial charge is 0.0656 e. The van der Waals surface area contributed by atoms with Gasteiger partial charge in [-0.1, -0.05) is 32.0 Å². The van der Waals surface area contributed by atoms with Gasteiger partial charge in [-0.05, 0) is 5.54 Å². The van der Waals surface area contributed by atoms with Crippen molar-refractivity contribution < 1.29 is 5.21 Å². The number of oxime groups is 1. The SMILES string of the molecule is C=CC(C)(C)C(=NO)C(C)[SiH3]. The van der Waals surface area contributed by atoms with E-state index in [1.54, 1.807) is 0 Å². The number of hydrogen-bond donors (Lipinski definition) is 1. The van der Waals surface area contributed by atoms with Crippen molar-refractivity contribution in [1.82, 2.24) is 0 Å². The maximum atomic E-state index is 8.73. The molecule has 1 atom stereocenters. The maximum Gasteiger partial charge on any atom is 0.0656 e. The van der Waals surface area contributed by atoms with Crippen LogP contribution < -0.4 is 0 Å². The van der Waals surface area contributed by atoms with Crippen molar-refractivity contribution in [2.24, 2.45) is 10.6 Å². The first-order valence-corrected chi connectivity index (χ1v) is 4.97. The van der Waals surface area contributed by atoms with Crippen LogP contribution in [0.2, 0.25) is 5.54 Å². The topological polar surface area (TPSA) is 32.6 Å². The van der Waals surface area contributed by atoms with Crippen molar-refractivity contribution in [3.05, 3.63) is 12.7 Å². The average Bonchev–Trinajstić information content (AvgIpc) is 1.88. The Morgan fingerprint density at radius 1 is 1.73 bits per heavy atom. The molecule has 1 N–H and O–H groups in total. The van der Waals surface area contributed by atoms with Crippen LogP contribution in [0, 0.1) is 5.41 Å². The Labute approximate surface area is 71.4 Å². The largest absolute Gasteiger partial charge is 0.411 e. The van der Waals surface area contributed by atoms with E-state index in [1.807, 2.05) is 19.9 Å². The van der Waals surface area contributed by atoms with Crippen LogP contribution in [0.15, 0.2) is 17.8 Å². The zero-order valence-corrected chi connectivity index (χ0v) is 9.76. The van der Waals surface area contributed by atoms with Crippen LogP contribution in [0.3, 0.4) is 0 Å². The van der Waals surface area contributed by atoms with Gasteiger partial charge in [-0.3, -0.25) is 0 Å². The Morgan fingerprint density at radius 3 is 2.27 bits per heavy atom. The van der Waals surface area contributed by atoms with Crippen LogP contribution in [0.4, 0.5) is 0 Å². The van der Waals surface area contributed by atoms with Gasteiger partial charge >= 0.3 is 0 Å². The summed E-state index contributed by atoms with van der Waals surface area (Å²) in [6.07, 6.45) is 1.82. The minimum absolute atomic E-state index is 0.171. The van der Waals surface area contributed by atoms with Gasteiger partial charge in [-0.2, -0.15) is 0 Å². The van der Waals surface area contributed by atoms with Crippen LogP contribution in [0.25, 0.3) is 0 Å². The lowest BCUT2D eigenvalue weighted by molar-refractivity contribution is 0.311. The second kappa shape index (κ2) is 3.71. The third-order valence-electron chi connectivity index (χ3n) is 1.83. The molecule has 0 aliphatic rings. The van der Waals surface area contributed by atoms with Gasteiger partial charge in [0.1, 0.15) is 0 Å². The van der Waals surface area contributed by atoms with Crippen LogP contribution in [-0.2, 0) is 0 Å². The molecular weight excluding hydrogens is 154 g/mol. The summed E-state index contributed by atoms with van der Waals surface area (Å²) in [5.41, 5.74) is 1.06. The predicted octanol–water partition coefficient (Wildman–Crippen LogP) is 1.20. The van der Waals surface area contributed by atoms with E-state index in [-0.39, 0.29) is 5.41 Å². The van der Waals surface area contributed by atoms with E-state index in [4.69, 9.17) is 5.21 Å². The maximum absolute atomic E-state index is 8.73. The van der Waals surface area contributed by atoms with Crippen molar-refractivity contribution in [2.75, 3.05) is 0 Å². The monoisotopic (exact) mass is 171 g/mol. The Balaban J connectivity index is 4.65. The lowest BCUT2D eigenvalue weighted by Crippen LogP contribution is -2.25. The molecule has 0 spiro atoms. The van der Waals surface area contributed by atoms with Crippen LogP contribution >= 0.6 is 0 Å². The Morgan fingerprint density at radius 2 is 2.18 bits per heavy atom. The normalized spacial score (nSPS) is 16.5. The Kier molecular flexibility index (Phi) is 3.52. The quantitative estimate of drug-likeness (QED) is 0.223. The molecule has 0 saturated carbocycles. The van der Waals surface area contributed by atoms with Gasteiger partial charge in [0.2, 0.25) is 0 Å². The fourth-order valence-corrected chi connectivity index (χ4v) is 1.95. The second-order valence-electron chi connectivity index (χ2n) is 3.57. The fourth-order valence-electron chi connectivity index (χ4n) is 1.09. The first-order chi connectivity index (χ1) is 4.95. The number of allylic oxidation sites excluding steroid dienone is 1. The summed E-state index contributed by atoms with van der Waals surface area (Å²) in [5.74, 6) is 0. The summed E-state index contributed by atoms with van der Waals surface area (Å²) in [6.45, 7) is 9.78. The van der Waals surface area contributed by atoms with Gasteiger partial charge in [0, 0.05) is 15.7 Å². The van der Waals surface area contributed by atoms with Gasteiger partial charge < -0.3 is 5.21 Å². The highest BCUT2D eigenvalue weighted by atomic mass is 28.1. The zero-order chi connectivity index (χ0) is 9.07. The van der Waals surface area contributed by atoms with Crippen LogP contribution in [0.1, 0.15) is 20.8 Å². The van der Waals surface area contributed by atoms with Crippen LogP contribution in [0.5, 0.6) is 0 Å². The molecule has 0 aromatic heterocycles. The summed E-state index contributed by atoms with van der Waals surface area (Å²) in [6, 6.07) is 0. The fraction of sp³-hybridized carbons (Fsp3) is 0.625. The first kappa shape index (κ1) is 10.4. The standard InChI is InChI=1S/C8H17NOSi/c1-5-8(3,4)7(9-10)6(2)11/h5-6,10H,1H2,2-4,11H3. The van der Waals surface area contributed by atoms with Crippen molar-refractivity contribution >= 4 is 16.0 Å². The van der Waals surface area contributed by atoms with Crippen molar-refractivity contribution in [2.45, 2.75) is 26.3 Å². The van der Waals surface area contributed by atoms with E-state index >= 15 is 0 Å². The minimum atomic E-state index is -0.171. The molecule has 0 heterocycles. The summed E-state index contributed by atoms with van der Waals surface area (Å²) < 4.78 is 0. The van der Waals surface area contributed by atoms with Gasteiger partial charge in [0.25, 0.3) is 0 Å². The minimum Gasteiger partial charge on any atom is -0.411 e. The molecular formula is C8H17NOSi. The Hall–Kier alpha value is -0.573. The summed E-state index contributed by atoms with van der Waals surface area (Å²) in [5, 5.41) is 12.0. The van der Waals surface area contributed by atoms with E-state index in [0.717, 1.165) is 16.0 Å². The lowest BCUT2D eigenvalue weighted by atomic mass is 9.86. The van der Waals surface area contributed by atoms with E-state index in [9.17, 15) is 0 Å². The number of nitrogens with zero attached hydrogens (tertiary/aromatic N) is 1. The predicted molar refractivity (Wildman–Crippen MR) is 52.6 cm³/mol. The van der Waals surface area contributed by atoms with Gasteiger partial charge in [0.05, 0.1) is 5.71 Å². The Bertz CT molecular complexity index is 173. The molecule has 0 radical (unpaired) electrons. The lowest BCUT2D eigenvalue weighted by Gasteiger charge is -2.23. The third kappa shape index (κ3) is 2.50. The number of rotatable bonds is 3. The molecule has 0 rings (SSSR count). The molecule has 11 heavy (non-hydrogen) atoms. The molecule has 0 aromatic rings. The average molecular weight is 171 g/mol. The highest BCUT2D eigenvalue weighted by Crippen LogP contribution is 2.24. The molecule has 0 aliphatic heterocycles. The summed E-state index contributed by atoms with van der Waals surface area (Å²) >= 11 is 0. The molecule has 1 unspecified atom stereocenters. The van der Waals surface area contributed by atoms with Crippen molar-refractivity contribution in [3.63, 3.8) is 0 Å². The molecule has 0 saturated heterocycles. The van der Waals surface area contributed by atoms with E-state index in [2.05, 4.69) is 18.7 Å². The molecule has 3 heteroatoms. The highest BCUT2D eigenvalue weighted by Gasteiger charge is 2.24. The molecule has 0 aliphatic carbocycles. The third-order valence-corrected chi connectivity index (χ3v) is 2.37. The second-order valence-corrected chi connectivity index (χ2v) is 5.30. The molecule has 64 valence electrons. The van der Waals surface area contributed by atoms with Gasteiger partial charge in [-0.15, -0.1) is 6.58 Å². The summed E-state index contributed by atoms with van der Waals surface area (Å²) in [4.78, 5) is 0. The van der Waals surface area contributed by atoms with E-state index in [1.165, 1.54) is 0 Å². The van der Waals surface area contributed by atoms with E-state index < -0.39 is 0 Å². The van der Waals surface area contributed by atoms with Crippen molar-refractivity contribution in [1.29, 1.82) is 0 Å². The molecule has 0 amide bonds. The molecule has 0 fully saturated rings. The molecule has 0 aromatic carbocycles. The highest BCUT2D eigenvalue weighted by molar-refractivity contribution is 6.26. The zero-order valence-electron chi connectivity index (χ0n) is 7.76. The van der Waals surface area contributed by atoms with Gasteiger partial charge in [0.15, 0.2) is 0 Å². The summed E-state index contributed by atoms with van der Waals surface area (Å²) in [7, 11) is 1.01. The van der Waals surface area contributed by atoms with Crippen molar-refractivity contribution in [3.8, 4) is 0 Å². The van der Waals surface area contributed by atoms with Crippen LogP contribution in [-0.4, -0.2) is 21.2 Å². The number of hydrogen-bond acceptors (Lipinski definition) is 2. The van der Waals surface area contributed by atoms with Gasteiger partial charge in [-0.25, -0.2) is 0 Å². The first-order valence-electron chi connectivity index (χ1n) is 3.81. The molecule has 2 nitrogen and oxygen atoms in total.